The van der Waals surface area contributed by atoms with Crippen molar-refractivity contribution in [3.8, 4) is 0 Å². The fourth-order valence-electron chi connectivity index (χ4n) is 1.49. The Labute approximate surface area is 101 Å². The van der Waals surface area contributed by atoms with Gasteiger partial charge in [0.2, 0.25) is 5.91 Å². The SMILES string of the molecule is CCC(N)CC(=O)N(C)Cc1ccccc1F. The molecule has 0 saturated carbocycles. The van der Waals surface area contributed by atoms with Crippen LogP contribution in [0.5, 0.6) is 0 Å². The van der Waals surface area contributed by atoms with Gasteiger partial charge < -0.3 is 10.6 Å². The fraction of sp³-hybridized carbons (Fsp3) is 0.462. The minimum atomic E-state index is -0.285. The molecule has 1 rings (SSSR count). The summed E-state index contributed by atoms with van der Waals surface area (Å²) < 4.78 is 13.4. The number of hydrogen-bond acceptors (Lipinski definition) is 2. The average molecular weight is 238 g/mol. The minimum Gasteiger partial charge on any atom is -0.341 e. The van der Waals surface area contributed by atoms with E-state index in [2.05, 4.69) is 0 Å². The van der Waals surface area contributed by atoms with E-state index in [0.29, 0.717) is 12.0 Å². The number of rotatable bonds is 5. The Balaban J connectivity index is 2.57. The summed E-state index contributed by atoms with van der Waals surface area (Å²) in [4.78, 5) is 13.3. The zero-order valence-electron chi connectivity index (χ0n) is 10.3. The molecule has 0 bridgehead atoms. The Morgan fingerprint density at radius 3 is 2.71 bits per heavy atom. The number of carbonyl (C=O) groups is 1. The summed E-state index contributed by atoms with van der Waals surface area (Å²) in [5.41, 5.74) is 6.24. The minimum absolute atomic E-state index is 0.0531. The van der Waals surface area contributed by atoms with Crippen molar-refractivity contribution in [2.24, 2.45) is 5.73 Å². The van der Waals surface area contributed by atoms with Gasteiger partial charge in [0.25, 0.3) is 0 Å². The molecule has 4 heteroatoms. The van der Waals surface area contributed by atoms with Crippen LogP contribution < -0.4 is 5.73 Å². The van der Waals surface area contributed by atoms with Gasteiger partial charge >= 0.3 is 0 Å². The van der Waals surface area contributed by atoms with Crippen molar-refractivity contribution >= 4 is 5.91 Å². The van der Waals surface area contributed by atoms with Crippen molar-refractivity contribution in [1.82, 2.24) is 4.90 Å². The molecule has 0 aliphatic heterocycles. The lowest BCUT2D eigenvalue weighted by atomic mass is 10.1. The van der Waals surface area contributed by atoms with Gasteiger partial charge in [0.1, 0.15) is 5.82 Å². The summed E-state index contributed by atoms with van der Waals surface area (Å²) in [7, 11) is 1.66. The summed E-state index contributed by atoms with van der Waals surface area (Å²) in [6, 6.07) is 6.34. The van der Waals surface area contributed by atoms with Crippen molar-refractivity contribution in [2.75, 3.05) is 7.05 Å². The number of benzene rings is 1. The van der Waals surface area contributed by atoms with Crippen LogP contribution in [0.15, 0.2) is 24.3 Å². The van der Waals surface area contributed by atoms with Gasteiger partial charge in [-0.25, -0.2) is 4.39 Å². The van der Waals surface area contributed by atoms with Crippen LogP contribution in [0.3, 0.4) is 0 Å². The molecule has 1 unspecified atom stereocenters. The molecular formula is C13H19FN2O. The second-order valence-electron chi connectivity index (χ2n) is 4.21. The summed E-state index contributed by atoms with van der Waals surface area (Å²) in [6.45, 7) is 2.22. The molecule has 1 aromatic carbocycles. The number of hydrogen-bond donors (Lipinski definition) is 1. The Morgan fingerprint density at radius 2 is 2.12 bits per heavy atom. The van der Waals surface area contributed by atoms with E-state index in [9.17, 15) is 9.18 Å². The molecule has 0 spiro atoms. The summed E-state index contributed by atoms with van der Waals surface area (Å²) >= 11 is 0. The van der Waals surface area contributed by atoms with E-state index in [1.807, 2.05) is 6.92 Å². The highest BCUT2D eigenvalue weighted by atomic mass is 19.1. The van der Waals surface area contributed by atoms with Gasteiger partial charge in [0.05, 0.1) is 0 Å². The third kappa shape index (κ3) is 4.15. The van der Waals surface area contributed by atoms with E-state index in [1.165, 1.54) is 11.0 Å². The van der Waals surface area contributed by atoms with Gasteiger partial charge in [-0.2, -0.15) is 0 Å². The van der Waals surface area contributed by atoms with Crippen LogP contribution in [-0.2, 0) is 11.3 Å². The van der Waals surface area contributed by atoms with E-state index in [1.54, 1.807) is 25.2 Å². The lowest BCUT2D eigenvalue weighted by molar-refractivity contribution is -0.130. The highest BCUT2D eigenvalue weighted by Crippen LogP contribution is 2.10. The van der Waals surface area contributed by atoms with Crippen molar-refractivity contribution < 1.29 is 9.18 Å². The molecule has 1 aromatic rings. The first-order valence-corrected chi connectivity index (χ1v) is 5.77. The maximum Gasteiger partial charge on any atom is 0.224 e. The quantitative estimate of drug-likeness (QED) is 0.851. The Kier molecular flexibility index (Phi) is 5.10. The molecule has 0 aliphatic rings. The number of nitrogens with two attached hydrogens (primary N) is 1. The molecular weight excluding hydrogens is 219 g/mol. The van der Waals surface area contributed by atoms with Crippen molar-refractivity contribution in [2.45, 2.75) is 32.4 Å². The maximum absolute atomic E-state index is 13.4. The number of carbonyl (C=O) groups excluding carboxylic acids is 1. The van der Waals surface area contributed by atoms with Gasteiger partial charge in [-0.3, -0.25) is 4.79 Å². The van der Waals surface area contributed by atoms with Crippen molar-refractivity contribution in [3.63, 3.8) is 0 Å². The highest BCUT2D eigenvalue weighted by molar-refractivity contribution is 5.76. The summed E-state index contributed by atoms with van der Waals surface area (Å²) in [5.74, 6) is -0.338. The predicted molar refractivity (Wildman–Crippen MR) is 65.8 cm³/mol. The van der Waals surface area contributed by atoms with Crippen LogP contribution in [0.2, 0.25) is 0 Å². The fourth-order valence-corrected chi connectivity index (χ4v) is 1.49. The molecule has 0 aliphatic carbocycles. The van der Waals surface area contributed by atoms with Gasteiger partial charge in [-0.1, -0.05) is 25.1 Å². The molecule has 0 saturated heterocycles. The Morgan fingerprint density at radius 1 is 1.47 bits per heavy atom. The van der Waals surface area contributed by atoms with Crippen LogP contribution in [0.4, 0.5) is 4.39 Å². The zero-order chi connectivity index (χ0) is 12.8. The molecule has 2 N–H and O–H groups in total. The normalized spacial score (nSPS) is 12.2. The monoisotopic (exact) mass is 238 g/mol. The van der Waals surface area contributed by atoms with Crippen molar-refractivity contribution in [1.29, 1.82) is 0 Å². The second kappa shape index (κ2) is 6.35. The topological polar surface area (TPSA) is 46.3 Å². The number of nitrogens with zero attached hydrogens (tertiary/aromatic N) is 1. The highest BCUT2D eigenvalue weighted by Gasteiger charge is 2.14. The molecule has 17 heavy (non-hydrogen) atoms. The largest absolute Gasteiger partial charge is 0.341 e. The van der Waals surface area contributed by atoms with Gasteiger partial charge in [-0.15, -0.1) is 0 Å². The Hall–Kier alpha value is -1.42. The first kappa shape index (κ1) is 13.6. The molecule has 0 fully saturated rings. The summed E-state index contributed by atoms with van der Waals surface area (Å²) in [5, 5.41) is 0. The lowest BCUT2D eigenvalue weighted by Gasteiger charge is -2.19. The maximum atomic E-state index is 13.4. The molecule has 0 aromatic heterocycles. The molecule has 1 amide bonds. The van der Waals surface area contributed by atoms with E-state index in [0.717, 1.165) is 6.42 Å². The molecule has 3 nitrogen and oxygen atoms in total. The van der Waals surface area contributed by atoms with E-state index in [4.69, 9.17) is 5.73 Å². The van der Waals surface area contributed by atoms with Crippen molar-refractivity contribution in [3.05, 3.63) is 35.6 Å². The number of halogens is 1. The zero-order valence-corrected chi connectivity index (χ0v) is 10.3. The van der Waals surface area contributed by atoms with E-state index >= 15 is 0 Å². The van der Waals surface area contributed by atoms with Crippen LogP contribution in [0, 0.1) is 5.82 Å². The third-order valence-corrected chi connectivity index (χ3v) is 2.75. The Bertz CT molecular complexity index is 381. The lowest BCUT2D eigenvalue weighted by Crippen LogP contribution is -2.32. The summed E-state index contributed by atoms with van der Waals surface area (Å²) in [6.07, 6.45) is 1.07. The third-order valence-electron chi connectivity index (χ3n) is 2.75. The predicted octanol–water partition coefficient (Wildman–Crippen LogP) is 1.91. The number of amides is 1. The standard InChI is InChI=1S/C13H19FN2O/c1-3-11(15)8-13(17)16(2)9-10-6-4-5-7-12(10)14/h4-7,11H,3,8-9,15H2,1-2H3. The molecule has 0 heterocycles. The van der Waals surface area contributed by atoms with Gasteiger partial charge in [0, 0.05) is 31.6 Å². The molecule has 0 radical (unpaired) electrons. The smallest absolute Gasteiger partial charge is 0.224 e. The van der Waals surface area contributed by atoms with Crippen LogP contribution in [-0.4, -0.2) is 23.9 Å². The van der Waals surface area contributed by atoms with Crippen LogP contribution in [0.1, 0.15) is 25.3 Å². The van der Waals surface area contributed by atoms with E-state index in [-0.39, 0.29) is 24.3 Å². The first-order valence-electron chi connectivity index (χ1n) is 5.77. The molecule has 1 atom stereocenters. The van der Waals surface area contributed by atoms with Gasteiger partial charge in [0.15, 0.2) is 0 Å². The first-order chi connectivity index (χ1) is 8.04. The second-order valence-corrected chi connectivity index (χ2v) is 4.21. The van der Waals surface area contributed by atoms with E-state index < -0.39 is 0 Å². The van der Waals surface area contributed by atoms with Gasteiger partial charge in [-0.05, 0) is 12.5 Å². The average Bonchev–Trinajstić information content (AvgIpc) is 2.31. The van der Waals surface area contributed by atoms with Crippen LogP contribution in [0.25, 0.3) is 0 Å². The molecule has 94 valence electrons. The van der Waals surface area contributed by atoms with Crippen LogP contribution >= 0.6 is 0 Å².